The Morgan fingerprint density at radius 3 is 2.71 bits per heavy atom. The van der Waals surface area contributed by atoms with Gasteiger partial charge in [-0.15, -0.1) is 11.6 Å². The summed E-state index contributed by atoms with van der Waals surface area (Å²) >= 11 is 5.92. The van der Waals surface area contributed by atoms with Crippen molar-refractivity contribution in [3.05, 3.63) is 41.4 Å². The van der Waals surface area contributed by atoms with E-state index in [4.69, 9.17) is 11.6 Å². The molecule has 0 aliphatic heterocycles. The van der Waals surface area contributed by atoms with E-state index < -0.39 is 11.6 Å². The van der Waals surface area contributed by atoms with E-state index in [1.54, 1.807) is 4.68 Å². The van der Waals surface area contributed by atoms with E-state index in [0.29, 0.717) is 23.5 Å². The van der Waals surface area contributed by atoms with Crippen LogP contribution < -0.4 is 0 Å². The van der Waals surface area contributed by atoms with Crippen LogP contribution in [0.3, 0.4) is 0 Å². The van der Waals surface area contributed by atoms with Crippen LogP contribution in [-0.4, -0.2) is 19.3 Å². The fraction of sp³-hybridized carbons (Fsp3) is 0.286. The summed E-state index contributed by atoms with van der Waals surface area (Å²) in [5.74, 6) is -1.29. The van der Waals surface area contributed by atoms with Crippen LogP contribution >= 0.6 is 11.6 Å². The molecule has 1 aromatic carbocycles. The average Bonchev–Trinajstić information content (AvgIpc) is 3.00. The number of rotatable bonds is 3. The Bertz CT molecular complexity index is 822. The first-order chi connectivity index (χ1) is 10.1. The molecule has 21 heavy (non-hydrogen) atoms. The number of fused-ring (bicyclic) bond motifs is 1. The predicted molar refractivity (Wildman–Crippen MR) is 76.7 cm³/mol. The van der Waals surface area contributed by atoms with E-state index in [2.05, 4.69) is 10.1 Å². The molecule has 0 radical (unpaired) electrons. The van der Waals surface area contributed by atoms with Crippen LogP contribution in [0.2, 0.25) is 0 Å². The molecule has 0 N–H and O–H groups in total. The number of hydrogen-bond acceptors (Lipinski definition) is 2. The molecule has 0 spiro atoms. The number of alkyl halides is 1. The second-order valence-electron chi connectivity index (χ2n) is 4.64. The Hall–Kier alpha value is -1.95. The molecule has 0 aliphatic carbocycles. The van der Waals surface area contributed by atoms with Crippen molar-refractivity contribution < 1.29 is 8.78 Å². The molecule has 0 fully saturated rings. The number of aromatic nitrogens is 4. The molecule has 0 saturated carbocycles. The van der Waals surface area contributed by atoms with Crippen molar-refractivity contribution >= 4 is 22.8 Å². The third kappa shape index (κ3) is 2.01. The highest BCUT2D eigenvalue weighted by Crippen LogP contribution is 2.27. The second kappa shape index (κ2) is 5.11. The number of aryl methyl sites for hydroxylation is 2. The highest BCUT2D eigenvalue weighted by Gasteiger charge is 2.21. The lowest BCUT2D eigenvalue weighted by Crippen LogP contribution is -2.08. The molecule has 0 atom stereocenters. The Morgan fingerprint density at radius 1 is 1.29 bits per heavy atom. The van der Waals surface area contributed by atoms with Crippen molar-refractivity contribution in [3.63, 3.8) is 0 Å². The first kappa shape index (κ1) is 14.0. The van der Waals surface area contributed by atoms with Crippen molar-refractivity contribution in [3.8, 4) is 5.69 Å². The fourth-order valence-electron chi connectivity index (χ4n) is 2.44. The molecule has 3 rings (SSSR count). The Labute approximate surface area is 125 Å². The van der Waals surface area contributed by atoms with E-state index >= 15 is 0 Å². The van der Waals surface area contributed by atoms with E-state index in [9.17, 15) is 8.78 Å². The van der Waals surface area contributed by atoms with Gasteiger partial charge in [0.2, 0.25) is 0 Å². The van der Waals surface area contributed by atoms with E-state index in [0.717, 1.165) is 11.8 Å². The highest BCUT2D eigenvalue weighted by atomic mass is 35.5. The molecule has 3 aromatic rings. The SMILES string of the molecule is CCn1nc(C)c2nc(CCl)n(-c3cccc(F)c3F)c21. The Morgan fingerprint density at radius 2 is 2.05 bits per heavy atom. The Kier molecular flexibility index (Phi) is 3.41. The molecule has 0 unspecified atom stereocenters. The third-order valence-corrected chi connectivity index (χ3v) is 3.61. The molecule has 0 aliphatic rings. The van der Waals surface area contributed by atoms with Gasteiger partial charge in [0.15, 0.2) is 17.3 Å². The molecule has 2 heterocycles. The fourth-order valence-corrected chi connectivity index (χ4v) is 2.62. The molecule has 0 bridgehead atoms. The number of hydrogen-bond donors (Lipinski definition) is 0. The third-order valence-electron chi connectivity index (χ3n) is 3.37. The Balaban J connectivity index is 2.42. The van der Waals surface area contributed by atoms with E-state index in [1.165, 1.54) is 16.7 Å². The first-order valence-electron chi connectivity index (χ1n) is 6.53. The topological polar surface area (TPSA) is 35.6 Å². The lowest BCUT2D eigenvalue weighted by Gasteiger charge is -2.10. The predicted octanol–water partition coefficient (Wildman–Crippen LogP) is 3.57. The maximum Gasteiger partial charge on any atom is 0.182 e. The average molecular weight is 311 g/mol. The molecule has 4 nitrogen and oxygen atoms in total. The number of halogens is 3. The van der Waals surface area contributed by atoms with Gasteiger partial charge in [-0.2, -0.15) is 5.10 Å². The normalized spacial score (nSPS) is 11.5. The zero-order valence-electron chi connectivity index (χ0n) is 11.6. The highest BCUT2D eigenvalue weighted by molar-refractivity contribution is 6.17. The maximum atomic E-state index is 14.2. The summed E-state index contributed by atoms with van der Waals surface area (Å²) in [5.41, 5.74) is 2.09. The summed E-state index contributed by atoms with van der Waals surface area (Å²) in [6, 6.07) is 4.03. The molecule has 7 heteroatoms. The van der Waals surface area contributed by atoms with Crippen LogP contribution in [0, 0.1) is 18.6 Å². The number of nitrogens with zero attached hydrogens (tertiary/aromatic N) is 4. The summed E-state index contributed by atoms with van der Waals surface area (Å²) in [5, 5.41) is 4.36. The van der Waals surface area contributed by atoms with Gasteiger partial charge in [0.05, 0.1) is 17.3 Å². The van der Waals surface area contributed by atoms with Crippen LogP contribution in [0.15, 0.2) is 18.2 Å². The lowest BCUT2D eigenvalue weighted by atomic mass is 10.3. The lowest BCUT2D eigenvalue weighted by molar-refractivity contribution is 0.503. The summed E-state index contributed by atoms with van der Waals surface area (Å²) in [7, 11) is 0. The van der Waals surface area contributed by atoms with E-state index in [-0.39, 0.29) is 11.6 Å². The van der Waals surface area contributed by atoms with Gasteiger partial charge in [-0.25, -0.2) is 18.4 Å². The van der Waals surface area contributed by atoms with Crippen molar-refractivity contribution in [2.75, 3.05) is 0 Å². The van der Waals surface area contributed by atoms with Gasteiger partial charge in [0.25, 0.3) is 0 Å². The summed E-state index contributed by atoms with van der Waals surface area (Å²) in [6.07, 6.45) is 0. The van der Waals surface area contributed by atoms with Crippen LogP contribution in [0.25, 0.3) is 16.9 Å². The largest absolute Gasteiger partial charge is 0.277 e. The molecular weight excluding hydrogens is 298 g/mol. The van der Waals surface area contributed by atoms with Gasteiger partial charge in [0.1, 0.15) is 11.3 Å². The minimum Gasteiger partial charge on any atom is -0.277 e. The number of benzene rings is 1. The summed E-state index contributed by atoms with van der Waals surface area (Å²) in [4.78, 5) is 4.41. The zero-order chi connectivity index (χ0) is 15.1. The van der Waals surface area contributed by atoms with Gasteiger partial charge in [-0.1, -0.05) is 6.07 Å². The maximum absolute atomic E-state index is 14.2. The summed E-state index contributed by atoms with van der Waals surface area (Å²) < 4.78 is 30.9. The standard InChI is InChI=1S/C14H13ClF2N4/c1-3-20-14-13(8(2)19-20)18-11(7-15)21(14)10-6-4-5-9(16)12(10)17/h4-6H,3,7H2,1-2H3. The zero-order valence-corrected chi connectivity index (χ0v) is 12.3. The van der Waals surface area contributed by atoms with Gasteiger partial charge in [-0.3, -0.25) is 4.57 Å². The van der Waals surface area contributed by atoms with E-state index in [1.807, 2.05) is 13.8 Å². The van der Waals surface area contributed by atoms with Crippen molar-refractivity contribution in [2.45, 2.75) is 26.3 Å². The molecule has 0 saturated heterocycles. The smallest absolute Gasteiger partial charge is 0.182 e. The van der Waals surface area contributed by atoms with Crippen LogP contribution in [-0.2, 0) is 12.4 Å². The monoisotopic (exact) mass is 310 g/mol. The molecule has 2 aromatic heterocycles. The van der Waals surface area contributed by atoms with Crippen molar-refractivity contribution in [1.29, 1.82) is 0 Å². The van der Waals surface area contributed by atoms with Gasteiger partial charge >= 0.3 is 0 Å². The van der Waals surface area contributed by atoms with Crippen molar-refractivity contribution in [2.24, 2.45) is 0 Å². The molecular formula is C14H13ClF2N4. The minimum absolute atomic E-state index is 0.0859. The first-order valence-corrected chi connectivity index (χ1v) is 7.07. The molecule has 110 valence electrons. The van der Waals surface area contributed by atoms with Crippen LogP contribution in [0.1, 0.15) is 18.4 Å². The number of imidazole rings is 1. The van der Waals surface area contributed by atoms with Gasteiger partial charge < -0.3 is 0 Å². The summed E-state index contributed by atoms with van der Waals surface area (Å²) in [6.45, 7) is 4.34. The molecule has 0 amide bonds. The van der Waals surface area contributed by atoms with Crippen LogP contribution in [0.4, 0.5) is 8.78 Å². The van der Waals surface area contributed by atoms with Gasteiger partial charge in [-0.05, 0) is 26.0 Å². The van der Waals surface area contributed by atoms with Crippen molar-refractivity contribution in [1.82, 2.24) is 19.3 Å². The quantitative estimate of drug-likeness (QED) is 0.693. The minimum atomic E-state index is -0.926. The second-order valence-corrected chi connectivity index (χ2v) is 4.91. The van der Waals surface area contributed by atoms with Gasteiger partial charge in [0, 0.05) is 6.54 Å². The van der Waals surface area contributed by atoms with Crippen LogP contribution in [0.5, 0.6) is 0 Å².